The molecule has 1 aromatic carbocycles. The minimum Gasteiger partial charge on any atom is -1.00 e. The Balaban J connectivity index is 0.00000304. The van der Waals surface area contributed by atoms with E-state index in [1.54, 1.807) is 17.3 Å². The number of benzene rings is 1. The summed E-state index contributed by atoms with van der Waals surface area (Å²) >= 11 is 0. The lowest BCUT2D eigenvalue weighted by Crippen LogP contribution is -3.00. The number of piperidine rings is 3. The van der Waals surface area contributed by atoms with Crippen LogP contribution in [0.1, 0.15) is 56.9 Å². The molecule has 1 aromatic heterocycles. The third-order valence-corrected chi connectivity index (χ3v) is 8.87. The Morgan fingerprint density at radius 2 is 1.64 bits per heavy atom. The van der Waals surface area contributed by atoms with Crippen molar-refractivity contribution in [3.8, 4) is 0 Å². The number of halogens is 1. The maximum atomic E-state index is 13.9. The standard InChI is InChI=1S/C29H38N3O3.ClH/c1-31(25-11-17-30-18-12-25)27(33)22-32-19-13-23(14-20-32)26(21-32)35-28(34)29(15-7-2-3-8-16-29)24-9-5-4-6-10-24;/h4-6,9-12,17-18,23,26H,2-3,7-8,13-16,19-22H2,1H3;1H/q+1;/p-1. The van der Waals surface area contributed by atoms with E-state index in [1.165, 1.54) is 12.8 Å². The fourth-order valence-electron chi connectivity index (χ4n) is 6.63. The first-order chi connectivity index (χ1) is 17.0. The summed E-state index contributed by atoms with van der Waals surface area (Å²) in [5.74, 6) is 0.472. The first-order valence-electron chi connectivity index (χ1n) is 13.3. The van der Waals surface area contributed by atoms with Crippen LogP contribution in [-0.4, -0.2) is 60.7 Å². The molecular weight excluding hydrogens is 474 g/mol. The second kappa shape index (κ2) is 11.3. The van der Waals surface area contributed by atoms with E-state index in [9.17, 15) is 9.59 Å². The molecule has 2 bridgehead atoms. The number of fused-ring (bicyclic) bond motifs is 3. The highest BCUT2D eigenvalue weighted by atomic mass is 35.5. The largest absolute Gasteiger partial charge is 1.00 e. The van der Waals surface area contributed by atoms with Crippen LogP contribution in [0, 0.1) is 5.92 Å². The van der Waals surface area contributed by atoms with Crippen LogP contribution in [0.2, 0.25) is 0 Å². The normalized spacial score (nSPS) is 26.8. The Morgan fingerprint density at radius 3 is 2.28 bits per heavy atom. The van der Waals surface area contributed by atoms with E-state index >= 15 is 0 Å². The summed E-state index contributed by atoms with van der Waals surface area (Å²) in [6, 6.07) is 14.0. The van der Waals surface area contributed by atoms with Gasteiger partial charge in [0, 0.05) is 43.9 Å². The highest BCUT2D eigenvalue weighted by molar-refractivity contribution is 5.93. The molecule has 6 nitrogen and oxygen atoms in total. The zero-order chi connectivity index (χ0) is 24.3. The smallest absolute Gasteiger partial charge is 0.317 e. The Bertz CT molecular complexity index is 1020. The lowest BCUT2D eigenvalue weighted by Gasteiger charge is -2.52. The van der Waals surface area contributed by atoms with Crippen LogP contribution in [0.5, 0.6) is 0 Å². The molecule has 3 saturated heterocycles. The predicted octanol–water partition coefficient (Wildman–Crippen LogP) is 1.49. The molecule has 36 heavy (non-hydrogen) atoms. The maximum Gasteiger partial charge on any atom is 0.317 e. The second-order valence-corrected chi connectivity index (χ2v) is 10.9. The van der Waals surface area contributed by atoms with Crippen LogP contribution < -0.4 is 17.3 Å². The lowest BCUT2D eigenvalue weighted by atomic mass is 9.74. The van der Waals surface area contributed by atoms with Gasteiger partial charge in [0.2, 0.25) is 0 Å². The molecule has 3 aliphatic heterocycles. The van der Waals surface area contributed by atoms with Crippen molar-refractivity contribution in [3.05, 3.63) is 60.4 Å². The number of anilines is 1. The first-order valence-corrected chi connectivity index (χ1v) is 13.3. The Labute approximate surface area is 221 Å². The highest BCUT2D eigenvalue weighted by Gasteiger charge is 2.51. The van der Waals surface area contributed by atoms with Gasteiger partial charge < -0.3 is 26.5 Å². The van der Waals surface area contributed by atoms with E-state index in [2.05, 4.69) is 17.1 Å². The number of esters is 1. The van der Waals surface area contributed by atoms with Gasteiger partial charge in [0.25, 0.3) is 5.91 Å². The van der Waals surface area contributed by atoms with Crippen molar-refractivity contribution in [2.45, 2.75) is 62.9 Å². The lowest BCUT2D eigenvalue weighted by molar-refractivity contribution is -0.939. The topological polar surface area (TPSA) is 59.5 Å². The molecule has 0 spiro atoms. The molecule has 4 fully saturated rings. The Morgan fingerprint density at radius 1 is 1.00 bits per heavy atom. The molecule has 4 aliphatic rings. The Hall–Kier alpha value is -2.44. The number of hydrogen-bond acceptors (Lipinski definition) is 4. The van der Waals surface area contributed by atoms with E-state index in [4.69, 9.17) is 4.74 Å². The fourth-order valence-corrected chi connectivity index (χ4v) is 6.63. The average molecular weight is 512 g/mol. The number of quaternary nitrogens is 1. The zero-order valence-corrected chi connectivity index (χ0v) is 22.0. The molecule has 1 aliphatic carbocycles. The van der Waals surface area contributed by atoms with Gasteiger partial charge in [-0.3, -0.25) is 14.6 Å². The molecule has 0 N–H and O–H groups in total. The summed E-state index contributed by atoms with van der Waals surface area (Å²) in [6.45, 7) is 3.16. The van der Waals surface area contributed by atoms with E-state index in [1.807, 2.05) is 37.4 Å². The second-order valence-electron chi connectivity index (χ2n) is 10.9. The number of nitrogens with zero attached hydrogens (tertiary/aromatic N) is 3. The predicted molar refractivity (Wildman–Crippen MR) is 136 cm³/mol. The number of amides is 1. The highest BCUT2D eigenvalue weighted by Crippen LogP contribution is 2.42. The average Bonchev–Trinajstić information content (AvgIpc) is 3.17. The number of rotatable bonds is 6. The molecule has 0 radical (unpaired) electrons. The summed E-state index contributed by atoms with van der Waals surface area (Å²) in [5.41, 5.74) is 1.42. The number of hydrogen-bond donors (Lipinski definition) is 0. The SMILES string of the molecule is CN(C(=O)C[N+]12CCC(CC1)C(OC(=O)C1(c3ccccc3)CCCCCC1)C2)c1ccncc1.[Cl-]. The van der Waals surface area contributed by atoms with Crippen LogP contribution >= 0.6 is 0 Å². The molecular formula is C29H38ClN3O3. The van der Waals surface area contributed by atoms with Gasteiger partial charge >= 0.3 is 5.97 Å². The number of ether oxygens (including phenoxy) is 1. The van der Waals surface area contributed by atoms with E-state index in [0.717, 1.165) is 73.9 Å². The number of carbonyl (C=O) groups is 2. The van der Waals surface area contributed by atoms with Gasteiger partial charge in [-0.05, 0) is 30.5 Å². The molecule has 1 saturated carbocycles. The number of carbonyl (C=O) groups excluding carboxylic acids is 2. The van der Waals surface area contributed by atoms with Crippen molar-refractivity contribution in [2.75, 3.05) is 38.1 Å². The van der Waals surface area contributed by atoms with Gasteiger partial charge in [-0.25, -0.2) is 0 Å². The van der Waals surface area contributed by atoms with E-state index < -0.39 is 5.41 Å². The third kappa shape index (κ3) is 5.30. The van der Waals surface area contributed by atoms with Gasteiger partial charge in [0.15, 0.2) is 12.6 Å². The minimum atomic E-state index is -0.536. The van der Waals surface area contributed by atoms with Gasteiger partial charge in [-0.1, -0.05) is 56.0 Å². The number of pyridine rings is 1. The van der Waals surface area contributed by atoms with Crippen LogP contribution in [-0.2, 0) is 19.7 Å². The third-order valence-electron chi connectivity index (χ3n) is 8.87. The van der Waals surface area contributed by atoms with Gasteiger partial charge in [0.1, 0.15) is 6.54 Å². The maximum absolute atomic E-state index is 13.9. The number of likely N-dealkylation sites (N-methyl/N-ethyl adjacent to an activating group) is 1. The quantitative estimate of drug-likeness (QED) is 0.335. The first kappa shape index (κ1) is 26.6. The summed E-state index contributed by atoms with van der Waals surface area (Å²) in [6.07, 6.45) is 11.6. The van der Waals surface area contributed by atoms with E-state index in [0.29, 0.717) is 12.5 Å². The summed E-state index contributed by atoms with van der Waals surface area (Å²) in [4.78, 5) is 32.9. The van der Waals surface area contributed by atoms with Crippen LogP contribution in [0.3, 0.4) is 0 Å². The molecule has 1 amide bonds. The van der Waals surface area contributed by atoms with E-state index in [-0.39, 0.29) is 30.4 Å². The molecule has 4 heterocycles. The van der Waals surface area contributed by atoms with Crippen molar-refractivity contribution >= 4 is 17.6 Å². The molecule has 7 heteroatoms. The van der Waals surface area contributed by atoms with Crippen LogP contribution in [0.15, 0.2) is 54.9 Å². The summed E-state index contributed by atoms with van der Waals surface area (Å²) in [7, 11) is 1.83. The van der Waals surface area contributed by atoms with Crippen molar-refractivity contribution in [3.63, 3.8) is 0 Å². The fraction of sp³-hybridized carbons (Fsp3) is 0.552. The molecule has 1 atom stereocenters. The molecule has 1 unspecified atom stereocenters. The number of aromatic nitrogens is 1. The van der Waals surface area contributed by atoms with Crippen molar-refractivity contribution < 1.29 is 31.2 Å². The van der Waals surface area contributed by atoms with Gasteiger partial charge in [0.05, 0.1) is 18.5 Å². The minimum absolute atomic E-state index is 0. The molecule has 194 valence electrons. The van der Waals surface area contributed by atoms with Gasteiger partial charge in [-0.15, -0.1) is 0 Å². The van der Waals surface area contributed by atoms with Crippen LogP contribution in [0.25, 0.3) is 0 Å². The molecule has 6 rings (SSSR count). The van der Waals surface area contributed by atoms with Gasteiger partial charge in [-0.2, -0.15) is 0 Å². The summed E-state index contributed by atoms with van der Waals surface area (Å²) < 4.78 is 7.17. The van der Waals surface area contributed by atoms with Crippen LogP contribution in [0.4, 0.5) is 5.69 Å². The van der Waals surface area contributed by atoms with Crippen molar-refractivity contribution in [2.24, 2.45) is 5.92 Å². The summed E-state index contributed by atoms with van der Waals surface area (Å²) in [5, 5.41) is 0. The van der Waals surface area contributed by atoms with Crippen molar-refractivity contribution in [1.82, 2.24) is 4.98 Å². The monoisotopic (exact) mass is 511 g/mol. The molecule has 2 aromatic rings. The Kier molecular flexibility index (Phi) is 8.36. The van der Waals surface area contributed by atoms with Crippen molar-refractivity contribution in [1.29, 1.82) is 0 Å². The zero-order valence-electron chi connectivity index (χ0n) is 21.3.